The number of hydrogen-bond donors (Lipinski definition) is 2. The van der Waals surface area contributed by atoms with Gasteiger partial charge in [-0.3, -0.25) is 4.79 Å². The highest BCUT2D eigenvalue weighted by molar-refractivity contribution is 5.91. The van der Waals surface area contributed by atoms with Crippen LogP contribution in [0.1, 0.15) is 19.4 Å². The second kappa shape index (κ2) is 5.47. The molecule has 0 saturated carbocycles. The smallest absolute Gasteiger partial charge is 0.244 e. The van der Waals surface area contributed by atoms with E-state index < -0.39 is 5.60 Å². The van der Waals surface area contributed by atoms with E-state index in [0.29, 0.717) is 0 Å². The van der Waals surface area contributed by atoms with Crippen molar-refractivity contribution in [2.75, 3.05) is 6.54 Å². The molecule has 1 aromatic carbocycles. The van der Waals surface area contributed by atoms with Gasteiger partial charge in [0, 0.05) is 12.6 Å². The molecule has 0 atom stereocenters. The summed E-state index contributed by atoms with van der Waals surface area (Å²) < 4.78 is 0. The molecule has 1 aromatic rings. The van der Waals surface area contributed by atoms with E-state index in [2.05, 4.69) is 5.32 Å². The third-order valence-electron chi connectivity index (χ3n) is 1.92. The van der Waals surface area contributed by atoms with Crippen LogP contribution in [0.3, 0.4) is 0 Å². The van der Waals surface area contributed by atoms with E-state index in [0.717, 1.165) is 5.56 Å². The minimum absolute atomic E-state index is 0.203. The number of benzene rings is 1. The van der Waals surface area contributed by atoms with Gasteiger partial charge in [-0.25, -0.2) is 0 Å². The minimum Gasteiger partial charge on any atom is -0.389 e. The molecule has 0 fully saturated rings. The lowest BCUT2D eigenvalue weighted by Crippen LogP contribution is -2.37. The Hall–Kier alpha value is -1.61. The maximum absolute atomic E-state index is 11.4. The number of hydrogen-bond acceptors (Lipinski definition) is 2. The maximum Gasteiger partial charge on any atom is 0.244 e. The van der Waals surface area contributed by atoms with Crippen LogP contribution < -0.4 is 5.32 Å². The SMILES string of the molecule is CC(C)(O)CNC(=O)C=Cc1ccccc1. The molecule has 0 aliphatic rings. The quantitative estimate of drug-likeness (QED) is 0.755. The largest absolute Gasteiger partial charge is 0.389 e. The Labute approximate surface area is 95.8 Å². The van der Waals surface area contributed by atoms with Gasteiger partial charge < -0.3 is 10.4 Å². The fourth-order valence-corrected chi connectivity index (χ4v) is 1.10. The third kappa shape index (κ3) is 5.32. The van der Waals surface area contributed by atoms with Crippen molar-refractivity contribution in [3.63, 3.8) is 0 Å². The van der Waals surface area contributed by atoms with Gasteiger partial charge in [-0.1, -0.05) is 30.3 Å². The van der Waals surface area contributed by atoms with Gasteiger partial charge in [0.05, 0.1) is 5.60 Å². The zero-order valence-electron chi connectivity index (χ0n) is 9.60. The van der Waals surface area contributed by atoms with Crippen LogP contribution >= 0.6 is 0 Å². The third-order valence-corrected chi connectivity index (χ3v) is 1.92. The fourth-order valence-electron chi connectivity index (χ4n) is 1.10. The van der Waals surface area contributed by atoms with Gasteiger partial charge in [0.15, 0.2) is 0 Å². The zero-order chi connectivity index (χ0) is 12.0. The molecule has 0 aromatic heterocycles. The van der Waals surface area contributed by atoms with Crippen LogP contribution in [0.5, 0.6) is 0 Å². The van der Waals surface area contributed by atoms with Crippen molar-refractivity contribution in [3.8, 4) is 0 Å². The molecule has 16 heavy (non-hydrogen) atoms. The van der Waals surface area contributed by atoms with Gasteiger partial charge in [0.25, 0.3) is 0 Å². The molecule has 2 N–H and O–H groups in total. The highest BCUT2D eigenvalue weighted by Crippen LogP contribution is 2.01. The molecule has 1 rings (SSSR count). The van der Waals surface area contributed by atoms with E-state index >= 15 is 0 Å². The maximum atomic E-state index is 11.4. The molecule has 0 saturated heterocycles. The van der Waals surface area contributed by atoms with Gasteiger partial charge in [-0.2, -0.15) is 0 Å². The minimum atomic E-state index is -0.879. The Morgan fingerprint density at radius 3 is 2.56 bits per heavy atom. The van der Waals surface area contributed by atoms with Crippen LogP contribution in [-0.2, 0) is 4.79 Å². The summed E-state index contributed by atoms with van der Waals surface area (Å²) in [4.78, 5) is 11.4. The number of amides is 1. The van der Waals surface area contributed by atoms with Gasteiger partial charge in [0.1, 0.15) is 0 Å². The second-order valence-electron chi connectivity index (χ2n) is 4.27. The highest BCUT2D eigenvalue weighted by atomic mass is 16.3. The number of aliphatic hydroxyl groups is 1. The van der Waals surface area contributed by atoms with Gasteiger partial charge >= 0.3 is 0 Å². The number of carbonyl (C=O) groups is 1. The first kappa shape index (κ1) is 12.5. The van der Waals surface area contributed by atoms with Crippen molar-refractivity contribution in [3.05, 3.63) is 42.0 Å². The van der Waals surface area contributed by atoms with Crippen molar-refractivity contribution in [1.82, 2.24) is 5.32 Å². The van der Waals surface area contributed by atoms with Crippen molar-refractivity contribution in [1.29, 1.82) is 0 Å². The molecular formula is C13H17NO2. The highest BCUT2D eigenvalue weighted by Gasteiger charge is 2.12. The molecule has 0 aliphatic carbocycles. The topological polar surface area (TPSA) is 49.3 Å². The second-order valence-corrected chi connectivity index (χ2v) is 4.27. The lowest BCUT2D eigenvalue weighted by atomic mass is 10.1. The molecular weight excluding hydrogens is 202 g/mol. The molecule has 0 unspecified atom stereocenters. The lowest BCUT2D eigenvalue weighted by molar-refractivity contribution is -0.117. The van der Waals surface area contributed by atoms with Crippen molar-refractivity contribution in [2.45, 2.75) is 19.4 Å². The van der Waals surface area contributed by atoms with Crippen LogP contribution in [0.15, 0.2) is 36.4 Å². The number of carbonyl (C=O) groups excluding carboxylic acids is 1. The Morgan fingerprint density at radius 1 is 1.38 bits per heavy atom. The first-order chi connectivity index (χ1) is 7.47. The van der Waals surface area contributed by atoms with Crippen molar-refractivity contribution in [2.24, 2.45) is 0 Å². The summed E-state index contributed by atoms with van der Waals surface area (Å²) in [6.07, 6.45) is 3.20. The van der Waals surface area contributed by atoms with Crippen LogP contribution in [0.25, 0.3) is 6.08 Å². The molecule has 86 valence electrons. The molecule has 0 aliphatic heterocycles. The van der Waals surface area contributed by atoms with E-state index in [-0.39, 0.29) is 12.5 Å². The van der Waals surface area contributed by atoms with Crippen LogP contribution in [-0.4, -0.2) is 23.2 Å². The summed E-state index contributed by atoms with van der Waals surface area (Å²) in [6, 6.07) is 9.58. The molecule has 0 radical (unpaired) electrons. The van der Waals surface area contributed by atoms with E-state index in [1.54, 1.807) is 19.9 Å². The van der Waals surface area contributed by atoms with E-state index in [1.165, 1.54) is 6.08 Å². The normalized spacial score (nSPS) is 11.7. The van der Waals surface area contributed by atoms with Crippen molar-refractivity contribution >= 4 is 12.0 Å². The summed E-state index contributed by atoms with van der Waals surface area (Å²) in [5, 5.41) is 12.0. The summed E-state index contributed by atoms with van der Waals surface area (Å²) in [7, 11) is 0. The predicted molar refractivity (Wildman–Crippen MR) is 64.8 cm³/mol. The monoisotopic (exact) mass is 219 g/mol. The van der Waals surface area contributed by atoms with Crippen LogP contribution in [0.4, 0.5) is 0 Å². The molecule has 1 amide bonds. The first-order valence-corrected chi connectivity index (χ1v) is 5.21. The Kier molecular flexibility index (Phi) is 4.26. The molecule has 0 spiro atoms. The summed E-state index contributed by atoms with van der Waals surface area (Å²) >= 11 is 0. The van der Waals surface area contributed by atoms with Gasteiger partial charge in [0.2, 0.25) is 5.91 Å². The van der Waals surface area contributed by atoms with Crippen LogP contribution in [0, 0.1) is 0 Å². The summed E-state index contributed by atoms with van der Waals surface area (Å²) in [5.74, 6) is -0.203. The lowest BCUT2D eigenvalue weighted by Gasteiger charge is -2.16. The Bertz CT molecular complexity index is 363. The molecule has 0 heterocycles. The number of rotatable bonds is 4. The van der Waals surface area contributed by atoms with E-state index in [4.69, 9.17) is 0 Å². The average molecular weight is 219 g/mol. The summed E-state index contributed by atoms with van der Waals surface area (Å²) in [6.45, 7) is 3.54. The average Bonchev–Trinajstić information content (AvgIpc) is 2.24. The standard InChI is InChI=1S/C13H17NO2/c1-13(2,16)10-14-12(15)9-8-11-6-4-3-5-7-11/h3-9,16H,10H2,1-2H3,(H,14,15). The zero-order valence-corrected chi connectivity index (χ0v) is 9.60. The van der Waals surface area contributed by atoms with Crippen LogP contribution in [0.2, 0.25) is 0 Å². The summed E-state index contributed by atoms with van der Waals surface area (Å²) in [5.41, 5.74) is 0.0943. The van der Waals surface area contributed by atoms with E-state index in [1.807, 2.05) is 30.3 Å². The molecule has 3 nitrogen and oxygen atoms in total. The number of nitrogens with one attached hydrogen (secondary N) is 1. The Morgan fingerprint density at radius 2 is 2.00 bits per heavy atom. The predicted octanol–water partition coefficient (Wildman–Crippen LogP) is 1.59. The van der Waals surface area contributed by atoms with E-state index in [9.17, 15) is 9.90 Å². The molecule has 3 heteroatoms. The Balaban J connectivity index is 2.43. The van der Waals surface area contributed by atoms with Crippen molar-refractivity contribution < 1.29 is 9.90 Å². The van der Waals surface area contributed by atoms with Gasteiger partial charge in [-0.05, 0) is 25.5 Å². The first-order valence-electron chi connectivity index (χ1n) is 5.21. The molecule has 0 bridgehead atoms. The fraction of sp³-hybridized carbons (Fsp3) is 0.308. The van der Waals surface area contributed by atoms with Gasteiger partial charge in [-0.15, -0.1) is 0 Å².